The molecule has 0 amide bonds. The molecular formula is C19H33N. The lowest BCUT2D eigenvalue weighted by Crippen LogP contribution is -2.34. The van der Waals surface area contributed by atoms with Gasteiger partial charge in [0.2, 0.25) is 0 Å². The van der Waals surface area contributed by atoms with Crippen LogP contribution in [0.3, 0.4) is 0 Å². The molecule has 1 atom stereocenters. The molecule has 0 spiro atoms. The van der Waals surface area contributed by atoms with Gasteiger partial charge >= 0.3 is 0 Å². The third kappa shape index (κ3) is 5.66. The lowest BCUT2D eigenvalue weighted by atomic mass is 9.93. The first-order chi connectivity index (χ1) is 9.29. The largest absolute Gasteiger partial charge is 0.307 e. The monoisotopic (exact) mass is 275 g/mol. The van der Waals surface area contributed by atoms with E-state index in [-0.39, 0.29) is 0 Å². The molecule has 0 heterocycles. The number of benzene rings is 1. The van der Waals surface area contributed by atoms with E-state index in [9.17, 15) is 0 Å². The molecule has 1 N–H and O–H groups in total. The molecule has 1 unspecified atom stereocenters. The maximum Gasteiger partial charge on any atom is 0.0296 e. The fourth-order valence-corrected chi connectivity index (χ4v) is 3.13. The minimum absolute atomic E-state index is 0.429. The van der Waals surface area contributed by atoms with Crippen LogP contribution in [0.1, 0.15) is 70.2 Å². The zero-order valence-corrected chi connectivity index (χ0v) is 14.5. The average Bonchev–Trinajstić information content (AvgIpc) is 2.26. The molecular weight excluding hydrogens is 242 g/mol. The molecule has 1 nitrogen and oxygen atoms in total. The first kappa shape index (κ1) is 17.2. The van der Waals surface area contributed by atoms with Crippen molar-refractivity contribution in [2.75, 3.05) is 0 Å². The summed E-state index contributed by atoms with van der Waals surface area (Å²) in [5.74, 6) is 1.50. The predicted molar refractivity (Wildman–Crippen MR) is 90.2 cm³/mol. The highest BCUT2D eigenvalue weighted by molar-refractivity contribution is 5.32. The van der Waals surface area contributed by atoms with E-state index in [0.29, 0.717) is 12.1 Å². The molecule has 1 aromatic rings. The van der Waals surface area contributed by atoms with Crippen molar-refractivity contribution in [3.05, 3.63) is 34.9 Å². The Balaban J connectivity index is 2.75. The van der Waals surface area contributed by atoms with Crippen molar-refractivity contribution in [1.82, 2.24) is 5.32 Å². The summed E-state index contributed by atoms with van der Waals surface area (Å²) in [7, 11) is 0. The zero-order chi connectivity index (χ0) is 15.3. The van der Waals surface area contributed by atoms with Crippen LogP contribution in [0.15, 0.2) is 18.2 Å². The highest BCUT2D eigenvalue weighted by Crippen LogP contribution is 2.22. The smallest absolute Gasteiger partial charge is 0.0296 e. The van der Waals surface area contributed by atoms with Gasteiger partial charge in [-0.15, -0.1) is 0 Å². The minimum Gasteiger partial charge on any atom is -0.307 e. The lowest BCUT2D eigenvalue weighted by Gasteiger charge is -2.27. The normalized spacial score (nSPS) is 13.5. The van der Waals surface area contributed by atoms with Gasteiger partial charge in [-0.3, -0.25) is 0 Å². The predicted octanol–water partition coefficient (Wildman–Crippen LogP) is 5.41. The molecule has 0 aromatic heterocycles. The van der Waals surface area contributed by atoms with Crippen LogP contribution < -0.4 is 5.32 Å². The Kier molecular flexibility index (Phi) is 6.75. The van der Waals surface area contributed by atoms with Crippen LogP contribution in [-0.4, -0.2) is 6.04 Å². The SMILES string of the molecule is Cc1ccc(C(C)NC(CC(C)C)CC(C)C)c(C)c1. The summed E-state index contributed by atoms with van der Waals surface area (Å²) in [6, 6.07) is 7.83. The second kappa shape index (κ2) is 7.83. The van der Waals surface area contributed by atoms with Gasteiger partial charge in [-0.25, -0.2) is 0 Å². The molecule has 0 aliphatic rings. The Bertz CT molecular complexity index is 396. The Labute approximate surface area is 126 Å². The van der Waals surface area contributed by atoms with Crippen LogP contribution in [0.4, 0.5) is 0 Å². The first-order valence-corrected chi connectivity index (χ1v) is 8.12. The zero-order valence-electron chi connectivity index (χ0n) is 14.5. The van der Waals surface area contributed by atoms with Gasteiger partial charge in [0.05, 0.1) is 0 Å². The van der Waals surface area contributed by atoms with E-state index in [1.54, 1.807) is 0 Å². The van der Waals surface area contributed by atoms with Gasteiger partial charge in [-0.2, -0.15) is 0 Å². The highest BCUT2D eigenvalue weighted by atomic mass is 14.9. The van der Waals surface area contributed by atoms with Gasteiger partial charge in [-0.1, -0.05) is 51.5 Å². The van der Waals surface area contributed by atoms with Gasteiger partial charge in [-0.05, 0) is 56.6 Å². The summed E-state index contributed by atoms with van der Waals surface area (Å²) in [6.07, 6.45) is 2.51. The van der Waals surface area contributed by atoms with Crippen molar-refractivity contribution < 1.29 is 0 Å². The topological polar surface area (TPSA) is 12.0 Å². The van der Waals surface area contributed by atoms with E-state index in [1.165, 1.54) is 29.5 Å². The van der Waals surface area contributed by atoms with E-state index in [4.69, 9.17) is 0 Å². The van der Waals surface area contributed by atoms with Gasteiger partial charge in [0, 0.05) is 12.1 Å². The van der Waals surface area contributed by atoms with E-state index in [2.05, 4.69) is 72.0 Å². The van der Waals surface area contributed by atoms with Crippen LogP contribution in [0.2, 0.25) is 0 Å². The van der Waals surface area contributed by atoms with Gasteiger partial charge < -0.3 is 5.32 Å². The quantitative estimate of drug-likeness (QED) is 0.701. The summed E-state index contributed by atoms with van der Waals surface area (Å²) in [4.78, 5) is 0. The van der Waals surface area contributed by atoms with Crippen molar-refractivity contribution in [1.29, 1.82) is 0 Å². The summed E-state index contributed by atoms with van der Waals surface area (Å²) in [6.45, 7) is 15.9. The van der Waals surface area contributed by atoms with Gasteiger partial charge in [0.15, 0.2) is 0 Å². The molecule has 0 saturated carbocycles. The molecule has 114 valence electrons. The van der Waals surface area contributed by atoms with Crippen LogP contribution in [0, 0.1) is 25.7 Å². The van der Waals surface area contributed by atoms with Crippen molar-refractivity contribution in [2.45, 2.75) is 73.4 Å². The maximum absolute atomic E-state index is 3.86. The summed E-state index contributed by atoms with van der Waals surface area (Å²) >= 11 is 0. The van der Waals surface area contributed by atoms with Crippen molar-refractivity contribution in [3.63, 3.8) is 0 Å². The van der Waals surface area contributed by atoms with Gasteiger partial charge in [0.1, 0.15) is 0 Å². The number of aryl methyl sites for hydroxylation is 2. The van der Waals surface area contributed by atoms with Crippen LogP contribution in [0.5, 0.6) is 0 Å². The fraction of sp³-hybridized carbons (Fsp3) is 0.684. The molecule has 1 rings (SSSR count). The summed E-state index contributed by atoms with van der Waals surface area (Å²) in [5, 5.41) is 3.86. The second-order valence-corrected chi connectivity index (χ2v) is 7.20. The van der Waals surface area contributed by atoms with Gasteiger partial charge in [0.25, 0.3) is 0 Å². The maximum atomic E-state index is 3.86. The third-order valence-corrected chi connectivity index (χ3v) is 3.89. The molecule has 0 aliphatic heterocycles. The Morgan fingerprint density at radius 3 is 1.90 bits per heavy atom. The van der Waals surface area contributed by atoms with E-state index >= 15 is 0 Å². The Morgan fingerprint density at radius 2 is 1.45 bits per heavy atom. The highest BCUT2D eigenvalue weighted by Gasteiger charge is 2.17. The number of nitrogens with one attached hydrogen (secondary N) is 1. The van der Waals surface area contributed by atoms with Crippen LogP contribution in [0.25, 0.3) is 0 Å². The lowest BCUT2D eigenvalue weighted by molar-refractivity contribution is 0.335. The second-order valence-electron chi connectivity index (χ2n) is 7.20. The molecule has 0 bridgehead atoms. The van der Waals surface area contributed by atoms with E-state index in [1.807, 2.05) is 0 Å². The fourth-order valence-electron chi connectivity index (χ4n) is 3.13. The summed E-state index contributed by atoms with van der Waals surface area (Å²) in [5.41, 5.74) is 4.19. The van der Waals surface area contributed by atoms with E-state index in [0.717, 1.165) is 11.8 Å². The number of rotatable bonds is 7. The molecule has 0 saturated heterocycles. The average molecular weight is 275 g/mol. The standard InChI is InChI=1S/C19H33N/c1-13(2)10-18(11-14(3)4)20-17(7)19-9-8-15(5)12-16(19)6/h8-9,12-14,17-18,20H,10-11H2,1-7H3. The van der Waals surface area contributed by atoms with Crippen molar-refractivity contribution in [2.24, 2.45) is 11.8 Å². The molecule has 0 radical (unpaired) electrons. The molecule has 1 aromatic carbocycles. The third-order valence-electron chi connectivity index (χ3n) is 3.89. The molecule has 0 fully saturated rings. The molecule has 0 aliphatic carbocycles. The minimum atomic E-state index is 0.429. The summed E-state index contributed by atoms with van der Waals surface area (Å²) < 4.78 is 0. The number of hydrogen-bond acceptors (Lipinski definition) is 1. The van der Waals surface area contributed by atoms with Crippen LogP contribution in [-0.2, 0) is 0 Å². The van der Waals surface area contributed by atoms with Crippen LogP contribution >= 0.6 is 0 Å². The van der Waals surface area contributed by atoms with E-state index < -0.39 is 0 Å². The van der Waals surface area contributed by atoms with Crippen molar-refractivity contribution in [3.8, 4) is 0 Å². The first-order valence-electron chi connectivity index (χ1n) is 8.12. The Morgan fingerprint density at radius 1 is 0.900 bits per heavy atom. The number of hydrogen-bond donors (Lipinski definition) is 1. The van der Waals surface area contributed by atoms with Crippen molar-refractivity contribution >= 4 is 0 Å². The molecule has 20 heavy (non-hydrogen) atoms. The Hall–Kier alpha value is -0.820. The molecule has 1 heteroatoms.